The fourth-order valence-corrected chi connectivity index (χ4v) is 1.14. The maximum Gasteiger partial charge on any atom is 0.142 e. The zero-order valence-corrected chi connectivity index (χ0v) is 8.26. The van der Waals surface area contributed by atoms with Gasteiger partial charge in [0.1, 0.15) is 11.5 Å². The Balaban J connectivity index is 2.99. The van der Waals surface area contributed by atoms with Gasteiger partial charge in [-0.3, -0.25) is 9.78 Å². The minimum atomic E-state index is 0.0492. The molecule has 0 aliphatic carbocycles. The summed E-state index contributed by atoms with van der Waals surface area (Å²) in [5, 5.41) is 0.504. The van der Waals surface area contributed by atoms with Gasteiger partial charge in [-0.1, -0.05) is 11.6 Å². The van der Waals surface area contributed by atoms with Gasteiger partial charge in [-0.05, 0) is 6.92 Å². The molecule has 3 nitrogen and oxygen atoms in total. The number of pyridine rings is 1. The smallest absolute Gasteiger partial charge is 0.142 e. The summed E-state index contributed by atoms with van der Waals surface area (Å²) in [5.74, 6) is 0.607. The summed E-state index contributed by atoms with van der Waals surface area (Å²) in [6.07, 6.45) is 1.78. The van der Waals surface area contributed by atoms with Crippen molar-refractivity contribution < 1.29 is 9.53 Å². The molecule has 0 unspecified atom stereocenters. The number of methoxy groups -OCH3 is 1. The standard InChI is InChI=1S/C9H10ClNO2/c1-6(12)3-8-9(13-2)4-7(10)5-11-8/h4-5H,3H2,1-2H3. The largest absolute Gasteiger partial charge is 0.495 e. The van der Waals surface area contributed by atoms with E-state index in [1.807, 2.05) is 0 Å². The van der Waals surface area contributed by atoms with E-state index in [4.69, 9.17) is 16.3 Å². The Labute approximate surface area is 81.7 Å². The highest BCUT2D eigenvalue weighted by molar-refractivity contribution is 6.30. The summed E-state index contributed by atoms with van der Waals surface area (Å²) < 4.78 is 5.03. The van der Waals surface area contributed by atoms with E-state index in [1.165, 1.54) is 20.2 Å². The molecular weight excluding hydrogens is 190 g/mol. The molecule has 0 radical (unpaired) electrons. The van der Waals surface area contributed by atoms with Crippen molar-refractivity contribution in [3.8, 4) is 5.75 Å². The lowest BCUT2D eigenvalue weighted by atomic mass is 10.2. The molecule has 0 atom stereocenters. The van der Waals surface area contributed by atoms with Crippen molar-refractivity contribution >= 4 is 17.4 Å². The molecule has 0 N–H and O–H groups in total. The van der Waals surface area contributed by atoms with Gasteiger partial charge in [-0.15, -0.1) is 0 Å². The van der Waals surface area contributed by atoms with Gasteiger partial charge < -0.3 is 4.74 Å². The molecule has 0 aromatic carbocycles. The molecule has 1 aromatic rings. The van der Waals surface area contributed by atoms with Crippen LogP contribution in [0.15, 0.2) is 12.3 Å². The predicted molar refractivity (Wildman–Crippen MR) is 50.2 cm³/mol. The fourth-order valence-electron chi connectivity index (χ4n) is 0.994. The summed E-state index contributed by atoms with van der Waals surface area (Å²) in [5.41, 5.74) is 0.624. The Morgan fingerprint density at radius 3 is 2.92 bits per heavy atom. The third kappa shape index (κ3) is 2.70. The van der Waals surface area contributed by atoms with Crippen molar-refractivity contribution in [2.45, 2.75) is 13.3 Å². The molecule has 1 aromatic heterocycles. The molecule has 0 aliphatic rings. The predicted octanol–water partition coefficient (Wildman–Crippen LogP) is 1.88. The lowest BCUT2D eigenvalue weighted by Crippen LogP contribution is -2.01. The molecule has 0 saturated heterocycles. The van der Waals surface area contributed by atoms with E-state index < -0.39 is 0 Å². The monoisotopic (exact) mass is 199 g/mol. The number of carbonyl (C=O) groups excluding carboxylic acids is 1. The van der Waals surface area contributed by atoms with Crippen LogP contribution in [-0.2, 0) is 11.2 Å². The molecule has 70 valence electrons. The topological polar surface area (TPSA) is 39.2 Å². The van der Waals surface area contributed by atoms with E-state index in [9.17, 15) is 4.79 Å². The van der Waals surface area contributed by atoms with Gasteiger partial charge in [0.2, 0.25) is 0 Å². The molecule has 0 bridgehead atoms. The Morgan fingerprint density at radius 2 is 2.38 bits per heavy atom. The van der Waals surface area contributed by atoms with Gasteiger partial charge in [0, 0.05) is 12.3 Å². The van der Waals surface area contributed by atoms with E-state index in [-0.39, 0.29) is 12.2 Å². The number of ketones is 1. The Hall–Kier alpha value is -1.09. The Kier molecular flexibility index (Phi) is 3.25. The number of ether oxygens (including phenoxy) is 1. The number of carbonyl (C=O) groups is 1. The minimum absolute atomic E-state index is 0.0492. The van der Waals surface area contributed by atoms with Crippen LogP contribution < -0.4 is 4.74 Å². The molecule has 0 spiro atoms. The average molecular weight is 200 g/mol. The lowest BCUT2D eigenvalue weighted by molar-refractivity contribution is -0.116. The molecule has 0 fully saturated rings. The van der Waals surface area contributed by atoms with Crippen molar-refractivity contribution in [2.75, 3.05) is 7.11 Å². The van der Waals surface area contributed by atoms with E-state index in [0.717, 1.165) is 0 Å². The quantitative estimate of drug-likeness (QED) is 0.746. The first-order valence-corrected chi connectivity index (χ1v) is 4.19. The highest BCUT2D eigenvalue weighted by atomic mass is 35.5. The van der Waals surface area contributed by atoms with E-state index in [0.29, 0.717) is 16.5 Å². The first kappa shape index (κ1) is 9.99. The van der Waals surface area contributed by atoms with Crippen molar-refractivity contribution in [3.05, 3.63) is 23.0 Å². The third-order valence-electron chi connectivity index (χ3n) is 1.53. The van der Waals surface area contributed by atoms with Crippen LogP contribution in [0, 0.1) is 0 Å². The summed E-state index contributed by atoms with van der Waals surface area (Å²) in [7, 11) is 1.52. The van der Waals surface area contributed by atoms with Crippen LogP contribution in [-0.4, -0.2) is 17.9 Å². The minimum Gasteiger partial charge on any atom is -0.495 e. The van der Waals surface area contributed by atoms with Gasteiger partial charge in [-0.2, -0.15) is 0 Å². The summed E-state index contributed by atoms with van der Waals surface area (Å²) in [4.78, 5) is 14.8. The molecule has 0 aliphatic heterocycles. The molecule has 1 heterocycles. The van der Waals surface area contributed by atoms with Crippen molar-refractivity contribution in [1.29, 1.82) is 0 Å². The second kappa shape index (κ2) is 4.23. The maximum absolute atomic E-state index is 10.8. The van der Waals surface area contributed by atoms with Crippen molar-refractivity contribution in [2.24, 2.45) is 0 Å². The third-order valence-corrected chi connectivity index (χ3v) is 1.74. The molecular formula is C9H10ClNO2. The van der Waals surface area contributed by atoms with Gasteiger partial charge in [-0.25, -0.2) is 0 Å². The molecule has 4 heteroatoms. The molecule has 0 saturated carbocycles. The van der Waals surface area contributed by atoms with Gasteiger partial charge in [0.25, 0.3) is 0 Å². The summed E-state index contributed by atoms with van der Waals surface area (Å²) >= 11 is 5.70. The van der Waals surface area contributed by atoms with Crippen LogP contribution in [0.2, 0.25) is 5.02 Å². The fraction of sp³-hybridized carbons (Fsp3) is 0.333. The van der Waals surface area contributed by atoms with Gasteiger partial charge >= 0.3 is 0 Å². The van der Waals surface area contributed by atoms with Crippen LogP contribution in [0.1, 0.15) is 12.6 Å². The Morgan fingerprint density at radius 1 is 1.69 bits per heavy atom. The highest BCUT2D eigenvalue weighted by Crippen LogP contribution is 2.20. The second-order valence-corrected chi connectivity index (χ2v) is 3.12. The van der Waals surface area contributed by atoms with E-state index >= 15 is 0 Å². The van der Waals surface area contributed by atoms with E-state index in [2.05, 4.69) is 4.98 Å². The average Bonchev–Trinajstić information content (AvgIpc) is 2.07. The summed E-state index contributed by atoms with van der Waals surface area (Å²) in [6, 6.07) is 1.65. The van der Waals surface area contributed by atoms with Crippen molar-refractivity contribution in [1.82, 2.24) is 4.98 Å². The highest BCUT2D eigenvalue weighted by Gasteiger charge is 2.07. The van der Waals surface area contributed by atoms with Crippen LogP contribution in [0.25, 0.3) is 0 Å². The first-order chi connectivity index (χ1) is 6.13. The second-order valence-electron chi connectivity index (χ2n) is 2.68. The normalized spacial score (nSPS) is 9.77. The number of halogens is 1. The maximum atomic E-state index is 10.8. The molecule has 1 rings (SSSR count). The van der Waals surface area contributed by atoms with Crippen LogP contribution in [0.4, 0.5) is 0 Å². The SMILES string of the molecule is COc1cc(Cl)cnc1CC(C)=O. The van der Waals surface area contributed by atoms with Crippen LogP contribution in [0.3, 0.4) is 0 Å². The Bertz CT molecular complexity index is 325. The number of rotatable bonds is 3. The van der Waals surface area contributed by atoms with Crippen molar-refractivity contribution in [3.63, 3.8) is 0 Å². The van der Waals surface area contributed by atoms with E-state index in [1.54, 1.807) is 6.07 Å². The number of hydrogen-bond acceptors (Lipinski definition) is 3. The lowest BCUT2D eigenvalue weighted by Gasteiger charge is -2.05. The number of nitrogens with zero attached hydrogens (tertiary/aromatic N) is 1. The first-order valence-electron chi connectivity index (χ1n) is 3.81. The number of aromatic nitrogens is 1. The van der Waals surface area contributed by atoms with Gasteiger partial charge in [0.15, 0.2) is 0 Å². The van der Waals surface area contributed by atoms with Crippen LogP contribution in [0.5, 0.6) is 5.75 Å². The number of Topliss-reactive ketones (excluding diaryl/α,β-unsaturated/α-hetero) is 1. The zero-order valence-electron chi connectivity index (χ0n) is 7.50. The molecule has 0 amide bonds. The number of hydrogen-bond donors (Lipinski definition) is 0. The zero-order chi connectivity index (χ0) is 9.84. The van der Waals surface area contributed by atoms with Gasteiger partial charge in [0.05, 0.1) is 24.2 Å². The van der Waals surface area contributed by atoms with Crippen LogP contribution >= 0.6 is 11.6 Å². The molecule has 13 heavy (non-hydrogen) atoms. The summed E-state index contributed by atoms with van der Waals surface area (Å²) in [6.45, 7) is 1.51.